The van der Waals surface area contributed by atoms with Crippen LogP contribution in [0.3, 0.4) is 0 Å². The van der Waals surface area contributed by atoms with Gasteiger partial charge in [0.05, 0.1) is 6.54 Å². The summed E-state index contributed by atoms with van der Waals surface area (Å²) in [4.78, 5) is 15.8. The van der Waals surface area contributed by atoms with Gasteiger partial charge in [-0.1, -0.05) is 6.92 Å². The number of carbonyl (C=O) groups excluding carboxylic acids is 1. The van der Waals surface area contributed by atoms with Crippen LogP contribution in [0.4, 0.5) is 14.6 Å². The predicted molar refractivity (Wildman–Crippen MR) is 61.5 cm³/mol. The highest BCUT2D eigenvalue weighted by Crippen LogP contribution is 2.10. The lowest BCUT2D eigenvalue weighted by molar-refractivity contribution is 0.0891. The van der Waals surface area contributed by atoms with Gasteiger partial charge in [0.15, 0.2) is 0 Å². The van der Waals surface area contributed by atoms with E-state index in [2.05, 4.69) is 15.6 Å². The summed E-state index contributed by atoms with van der Waals surface area (Å²) in [5.74, 6) is 0.0328. The van der Waals surface area contributed by atoms with Crippen molar-refractivity contribution in [3.05, 3.63) is 23.4 Å². The van der Waals surface area contributed by atoms with Crippen molar-refractivity contribution in [2.24, 2.45) is 0 Å². The highest BCUT2D eigenvalue weighted by atomic mass is 19.3. The topological polar surface area (TPSA) is 54.0 Å². The highest BCUT2D eigenvalue weighted by molar-refractivity contribution is 5.95. The van der Waals surface area contributed by atoms with Crippen LogP contribution in [0.2, 0.25) is 0 Å². The molecule has 0 bridgehead atoms. The number of aryl methyl sites for hydroxylation is 1. The highest BCUT2D eigenvalue weighted by Gasteiger charge is 2.11. The van der Waals surface area contributed by atoms with E-state index < -0.39 is 18.9 Å². The molecular weight excluding hydrogens is 228 g/mol. The molecule has 1 aromatic heterocycles. The maximum absolute atomic E-state index is 12.0. The minimum atomic E-state index is -2.55. The van der Waals surface area contributed by atoms with Gasteiger partial charge in [-0.05, 0) is 18.6 Å². The van der Waals surface area contributed by atoms with Crippen molar-refractivity contribution in [1.82, 2.24) is 10.3 Å². The molecule has 0 aliphatic rings. The molecule has 1 amide bonds. The number of pyridine rings is 1. The number of hydrogen-bond acceptors (Lipinski definition) is 3. The van der Waals surface area contributed by atoms with Gasteiger partial charge in [0.2, 0.25) is 0 Å². The third-order valence-corrected chi connectivity index (χ3v) is 2.18. The zero-order valence-corrected chi connectivity index (χ0v) is 9.76. The Morgan fingerprint density at radius 2 is 2.18 bits per heavy atom. The normalized spacial score (nSPS) is 10.4. The Morgan fingerprint density at radius 3 is 2.71 bits per heavy atom. The molecule has 0 aromatic carbocycles. The first kappa shape index (κ1) is 13.3. The van der Waals surface area contributed by atoms with Crippen molar-refractivity contribution in [2.75, 3.05) is 18.9 Å². The molecule has 6 heteroatoms. The number of halogens is 2. The molecule has 1 rings (SSSR count). The maximum Gasteiger partial charge on any atom is 0.255 e. The molecule has 2 N–H and O–H groups in total. The Balaban J connectivity index is 2.84. The van der Waals surface area contributed by atoms with E-state index in [1.54, 1.807) is 13.1 Å². The first-order chi connectivity index (χ1) is 8.06. The molecule has 4 nitrogen and oxygen atoms in total. The van der Waals surface area contributed by atoms with Crippen LogP contribution in [0.5, 0.6) is 0 Å². The Labute approximate surface area is 98.4 Å². The van der Waals surface area contributed by atoms with Crippen molar-refractivity contribution in [1.29, 1.82) is 0 Å². The number of nitrogens with one attached hydrogen (secondary N) is 2. The Morgan fingerprint density at radius 1 is 1.47 bits per heavy atom. The van der Waals surface area contributed by atoms with Crippen LogP contribution in [-0.2, 0) is 6.42 Å². The zero-order valence-electron chi connectivity index (χ0n) is 9.76. The lowest BCUT2D eigenvalue weighted by atomic mass is 10.2. The summed E-state index contributed by atoms with van der Waals surface area (Å²) >= 11 is 0. The summed E-state index contributed by atoms with van der Waals surface area (Å²) in [6.45, 7) is 1.26. The van der Waals surface area contributed by atoms with Gasteiger partial charge in [-0.3, -0.25) is 4.79 Å². The zero-order chi connectivity index (χ0) is 12.8. The van der Waals surface area contributed by atoms with Gasteiger partial charge in [0, 0.05) is 18.3 Å². The lowest BCUT2D eigenvalue weighted by Crippen LogP contribution is -2.28. The second-order valence-electron chi connectivity index (χ2n) is 3.44. The number of hydrogen-bond donors (Lipinski definition) is 2. The summed E-state index contributed by atoms with van der Waals surface area (Å²) in [5, 5.41) is 4.98. The van der Waals surface area contributed by atoms with E-state index in [4.69, 9.17) is 0 Å². The quantitative estimate of drug-likeness (QED) is 0.827. The first-order valence-electron chi connectivity index (χ1n) is 5.31. The standard InChI is InChI=1S/C11H15F2N3O/c1-3-8-4-7(5-10(14-2)16-8)11(17)15-6-9(12)13/h4-5,9H,3,6H2,1-2H3,(H,14,16)(H,15,17). The molecule has 1 heterocycles. The van der Waals surface area contributed by atoms with E-state index in [1.807, 2.05) is 6.92 Å². The van der Waals surface area contributed by atoms with E-state index >= 15 is 0 Å². The summed E-state index contributed by atoms with van der Waals surface area (Å²) in [7, 11) is 1.68. The summed E-state index contributed by atoms with van der Waals surface area (Å²) < 4.78 is 23.9. The largest absolute Gasteiger partial charge is 0.373 e. The molecule has 0 spiro atoms. The molecule has 94 valence electrons. The fraction of sp³-hybridized carbons (Fsp3) is 0.455. The van der Waals surface area contributed by atoms with Crippen LogP contribution in [0, 0.1) is 0 Å². The molecule has 0 saturated carbocycles. The molecule has 0 aliphatic carbocycles. The second-order valence-corrected chi connectivity index (χ2v) is 3.44. The lowest BCUT2D eigenvalue weighted by Gasteiger charge is -2.08. The van der Waals surface area contributed by atoms with Crippen molar-refractivity contribution < 1.29 is 13.6 Å². The molecule has 0 radical (unpaired) electrons. The van der Waals surface area contributed by atoms with E-state index in [1.165, 1.54) is 6.07 Å². The number of nitrogens with zero attached hydrogens (tertiary/aromatic N) is 1. The van der Waals surface area contributed by atoms with Crippen LogP contribution in [0.1, 0.15) is 23.0 Å². The van der Waals surface area contributed by atoms with Gasteiger partial charge in [-0.25, -0.2) is 13.8 Å². The predicted octanol–water partition coefficient (Wildman–Crippen LogP) is 1.68. The van der Waals surface area contributed by atoms with Crippen molar-refractivity contribution in [3.8, 4) is 0 Å². The van der Waals surface area contributed by atoms with E-state index in [-0.39, 0.29) is 0 Å². The Kier molecular flexibility index (Phi) is 4.81. The summed E-state index contributed by atoms with van der Waals surface area (Å²) in [6.07, 6.45) is -1.87. The summed E-state index contributed by atoms with van der Waals surface area (Å²) in [6, 6.07) is 3.13. The average molecular weight is 243 g/mol. The average Bonchev–Trinajstić information content (AvgIpc) is 2.34. The van der Waals surface area contributed by atoms with Crippen LogP contribution >= 0.6 is 0 Å². The molecule has 17 heavy (non-hydrogen) atoms. The first-order valence-corrected chi connectivity index (χ1v) is 5.31. The monoisotopic (exact) mass is 243 g/mol. The van der Waals surface area contributed by atoms with Gasteiger partial charge < -0.3 is 10.6 Å². The van der Waals surface area contributed by atoms with Gasteiger partial charge in [0.25, 0.3) is 12.3 Å². The molecule has 0 unspecified atom stereocenters. The Bertz CT molecular complexity index is 374. The van der Waals surface area contributed by atoms with Crippen LogP contribution in [-0.4, -0.2) is 30.9 Å². The molecular formula is C11H15F2N3O. The number of aromatic nitrogens is 1. The fourth-order valence-corrected chi connectivity index (χ4v) is 1.30. The second kappa shape index (κ2) is 6.12. The van der Waals surface area contributed by atoms with Crippen LogP contribution in [0.25, 0.3) is 0 Å². The van der Waals surface area contributed by atoms with E-state index in [0.717, 1.165) is 5.69 Å². The van der Waals surface area contributed by atoms with Gasteiger partial charge in [0.1, 0.15) is 5.82 Å². The van der Waals surface area contributed by atoms with Crippen molar-refractivity contribution >= 4 is 11.7 Å². The van der Waals surface area contributed by atoms with E-state index in [9.17, 15) is 13.6 Å². The van der Waals surface area contributed by atoms with Gasteiger partial charge >= 0.3 is 0 Å². The molecule has 0 saturated heterocycles. The summed E-state index contributed by atoms with van der Waals surface area (Å²) in [5.41, 5.74) is 1.07. The third-order valence-electron chi connectivity index (χ3n) is 2.18. The van der Waals surface area contributed by atoms with Crippen molar-refractivity contribution in [2.45, 2.75) is 19.8 Å². The minimum absolute atomic E-state index is 0.335. The number of carbonyl (C=O) groups is 1. The van der Waals surface area contributed by atoms with E-state index in [0.29, 0.717) is 17.8 Å². The molecule has 0 aliphatic heterocycles. The number of alkyl halides is 2. The van der Waals surface area contributed by atoms with Gasteiger partial charge in [-0.2, -0.15) is 0 Å². The smallest absolute Gasteiger partial charge is 0.255 e. The number of amides is 1. The SMILES string of the molecule is CCc1cc(C(=O)NCC(F)F)cc(NC)n1. The van der Waals surface area contributed by atoms with Crippen molar-refractivity contribution in [3.63, 3.8) is 0 Å². The third kappa shape index (κ3) is 3.97. The molecule has 0 atom stereocenters. The number of anilines is 1. The van der Waals surface area contributed by atoms with Crippen LogP contribution in [0.15, 0.2) is 12.1 Å². The molecule has 0 fully saturated rings. The number of rotatable bonds is 5. The minimum Gasteiger partial charge on any atom is -0.373 e. The fourth-order valence-electron chi connectivity index (χ4n) is 1.30. The van der Waals surface area contributed by atoms with Gasteiger partial charge in [-0.15, -0.1) is 0 Å². The Hall–Kier alpha value is -1.72. The molecule has 1 aromatic rings. The maximum atomic E-state index is 12.0. The van der Waals surface area contributed by atoms with Crippen LogP contribution < -0.4 is 10.6 Å².